The van der Waals surface area contributed by atoms with Gasteiger partial charge in [0.15, 0.2) is 0 Å². The number of hydrogen-bond donors (Lipinski definition) is 2. The van der Waals surface area contributed by atoms with E-state index in [0.29, 0.717) is 11.7 Å². The summed E-state index contributed by atoms with van der Waals surface area (Å²) in [5.41, 5.74) is 8.28. The summed E-state index contributed by atoms with van der Waals surface area (Å²) >= 11 is 1.95. The molecule has 0 radical (unpaired) electrons. The van der Waals surface area contributed by atoms with Crippen LogP contribution in [0.15, 0.2) is 18.2 Å². The Balaban J connectivity index is 2.05. The van der Waals surface area contributed by atoms with Crippen LogP contribution in [0.25, 0.3) is 0 Å². The van der Waals surface area contributed by atoms with Crippen molar-refractivity contribution in [1.82, 2.24) is 4.90 Å². The number of carbonyl (C=O) groups is 1. The molecule has 3 N–H and O–H groups in total. The number of rotatable bonds is 3. The summed E-state index contributed by atoms with van der Waals surface area (Å²) < 4.78 is 0. The summed E-state index contributed by atoms with van der Waals surface area (Å²) in [6, 6.07) is 5.91. The molecule has 0 bridgehead atoms. The molecule has 1 aliphatic rings. The second-order valence-electron chi connectivity index (χ2n) is 5.40. The number of amides is 1. The lowest BCUT2D eigenvalue weighted by atomic mass is 10.1. The first-order valence-corrected chi connectivity index (χ1v) is 8.15. The van der Waals surface area contributed by atoms with Crippen LogP contribution in [0.4, 0.5) is 11.4 Å². The SMILES string of the molecule is Cc1ccc(N)cc1NC(=O)C(C)N1CCSCC1C. The average molecular weight is 293 g/mol. The third-order valence-electron chi connectivity index (χ3n) is 3.82. The molecule has 4 nitrogen and oxygen atoms in total. The van der Waals surface area contributed by atoms with E-state index in [1.165, 1.54) is 0 Å². The van der Waals surface area contributed by atoms with Crippen LogP contribution in [0.1, 0.15) is 19.4 Å². The van der Waals surface area contributed by atoms with E-state index in [-0.39, 0.29) is 11.9 Å². The molecule has 2 rings (SSSR count). The van der Waals surface area contributed by atoms with Gasteiger partial charge in [0, 0.05) is 35.5 Å². The van der Waals surface area contributed by atoms with Crippen molar-refractivity contribution in [2.45, 2.75) is 32.9 Å². The van der Waals surface area contributed by atoms with Gasteiger partial charge in [-0.25, -0.2) is 0 Å². The average Bonchev–Trinajstić information content (AvgIpc) is 2.42. The molecular weight excluding hydrogens is 270 g/mol. The molecule has 0 aromatic heterocycles. The highest BCUT2D eigenvalue weighted by Crippen LogP contribution is 2.21. The highest BCUT2D eigenvalue weighted by molar-refractivity contribution is 7.99. The maximum absolute atomic E-state index is 12.4. The Hall–Kier alpha value is -1.20. The van der Waals surface area contributed by atoms with Gasteiger partial charge >= 0.3 is 0 Å². The van der Waals surface area contributed by atoms with E-state index in [1.807, 2.05) is 43.8 Å². The van der Waals surface area contributed by atoms with Gasteiger partial charge in [0.25, 0.3) is 0 Å². The van der Waals surface area contributed by atoms with Crippen molar-refractivity contribution in [2.24, 2.45) is 0 Å². The predicted molar refractivity (Wildman–Crippen MR) is 87.2 cm³/mol. The van der Waals surface area contributed by atoms with E-state index in [2.05, 4.69) is 17.1 Å². The minimum Gasteiger partial charge on any atom is -0.399 e. The summed E-state index contributed by atoms with van der Waals surface area (Å²) in [5.74, 6) is 2.23. The lowest BCUT2D eigenvalue weighted by Gasteiger charge is -2.36. The molecule has 2 unspecified atom stereocenters. The molecule has 20 heavy (non-hydrogen) atoms. The number of aryl methyl sites for hydroxylation is 1. The molecule has 1 fully saturated rings. The normalized spacial score (nSPS) is 21.4. The number of hydrogen-bond acceptors (Lipinski definition) is 4. The lowest BCUT2D eigenvalue weighted by Crippen LogP contribution is -2.50. The number of thioether (sulfide) groups is 1. The summed E-state index contributed by atoms with van der Waals surface area (Å²) in [5, 5.41) is 3.00. The molecule has 5 heteroatoms. The molecule has 1 aromatic carbocycles. The van der Waals surface area contributed by atoms with Gasteiger partial charge in [-0.15, -0.1) is 0 Å². The largest absolute Gasteiger partial charge is 0.399 e. The fourth-order valence-electron chi connectivity index (χ4n) is 2.48. The maximum atomic E-state index is 12.4. The van der Waals surface area contributed by atoms with Gasteiger partial charge in [0.05, 0.1) is 6.04 Å². The number of nitrogens with zero attached hydrogens (tertiary/aromatic N) is 1. The second kappa shape index (κ2) is 6.50. The van der Waals surface area contributed by atoms with Crippen molar-refractivity contribution in [3.8, 4) is 0 Å². The second-order valence-corrected chi connectivity index (χ2v) is 6.55. The third-order valence-corrected chi connectivity index (χ3v) is 5.00. The van der Waals surface area contributed by atoms with Gasteiger partial charge in [0.1, 0.15) is 0 Å². The van der Waals surface area contributed by atoms with E-state index in [4.69, 9.17) is 5.73 Å². The Kier molecular flexibility index (Phi) is 4.94. The minimum absolute atomic E-state index is 0.0393. The summed E-state index contributed by atoms with van der Waals surface area (Å²) in [4.78, 5) is 14.7. The minimum atomic E-state index is -0.119. The first-order valence-electron chi connectivity index (χ1n) is 6.99. The summed E-state index contributed by atoms with van der Waals surface area (Å²) in [6.07, 6.45) is 0. The Morgan fingerprint density at radius 3 is 3.00 bits per heavy atom. The number of carbonyl (C=O) groups excluding carboxylic acids is 1. The molecule has 0 saturated carbocycles. The molecule has 1 aromatic rings. The fourth-order valence-corrected chi connectivity index (χ4v) is 3.52. The Morgan fingerprint density at radius 2 is 2.30 bits per heavy atom. The molecule has 1 aliphatic heterocycles. The van der Waals surface area contributed by atoms with Gasteiger partial charge in [-0.3, -0.25) is 9.69 Å². The number of nitrogen functional groups attached to an aromatic ring is 1. The molecule has 1 saturated heterocycles. The van der Waals surface area contributed by atoms with E-state index in [9.17, 15) is 4.79 Å². The van der Waals surface area contributed by atoms with Crippen molar-refractivity contribution in [2.75, 3.05) is 29.1 Å². The number of nitrogens with two attached hydrogens (primary N) is 1. The zero-order valence-corrected chi connectivity index (χ0v) is 13.2. The Bertz CT molecular complexity index is 492. The van der Waals surface area contributed by atoms with Crippen LogP contribution >= 0.6 is 11.8 Å². The monoisotopic (exact) mass is 293 g/mol. The quantitative estimate of drug-likeness (QED) is 0.840. The third kappa shape index (κ3) is 3.46. The zero-order chi connectivity index (χ0) is 14.7. The van der Waals surface area contributed by atoms with Gasteiger partial charge < -0.3 is 11.1 Å². The van der Waals surface area contributed by atoms with E-state index < -0.39 is 0 Å². The van der Waals surface area contributed by atoms with Crippen molar-refractivity contribution < 1.29 is 4.79 Å². The smallest absolute Gasteiger partial charge is 0.241 e. The van der Waals surface area contributed by atoms with Crippen molar-refractivity contribution in [3.05, 3.63) is 23.8 Å². The van der Waals surface area contributed by atoms with Crippen LogP contribution in [0.2, 0.25) is 0 Å². The van der Waals surface area contributed by atoms with Gasteiger partial charge in [0.2, 0.25) is 5.91 Å². The van der Waals surface area contributed by atoms with Crippen LogP contribution in [0, 0.1) is 6.92 Å². The fraction of sp³-hybridized carbons (Fsp3) is 0.533. The maximum Gasteiger partial charge on any atom is 0.241 e. The van der Waals surface area contributed by atoms with Crippen molar-refractivity contribution >= 4 is 29.0 Å². The molecule has 1 amide bonds. The first kappa shape index (κ1) is 15.2. The number of nitrogens with one attached hydrogen (secondary N) is 1. The van der Waals surface area contributed by atoms with Gasteiger partial charge in [-0.1, -0.05) is 6.07 Å². The number of benzene rings is 1. The standard InChI is InChI=1S/C15H23N3OS/c1-10-4-5-13(16)8-14(10)17-15(19)12(3)18-6-7-20-9-11(18)2/h4-5,8,11-12H,6-7,9,16H2,1-3H3,(H,17,19). The first-order chi connectivity index (χ1) is 9.49. The van der Waals surface area contributed by atoms with E-state index in [1.54, 1.807) is 0 Å². The van der Waals surface area contributed by atoms with Crippen molar-refractivity contribution in [3.63, 3.8) is 0 Å². The molecule has 110 valence electrons. The highest BCUT2D eigenvalue weighted by Gasteiger charge is 2.28. The van der Waals surface area contributed by atoms with E-state index in [0.717, 1.165) is 29.3 Å². The molecule has 1 heterocycles. The Morgan fingerprint density at radius 1 is 1.55 bits per heavy atom. The molecule has 2 atom stereocenters. The summed E-state index contributed by atoms with van der Waals surface area (Å²) in [7, 11) is 0. The molecule has 0 aliphatic carbocycles. The van der Waals surface area contributed by atoms with Crippen LogP contribution in [-0.4, -0.2) is 40.9 Å². The predicted octanol–water partition coefficient (Wildman–Crippen LogP) is 2.34. The van der Waals surface area contributed by atoms with E-state index >= 15 is 0 Å². The van der Waals surface area contributed by atoms with Gasteiger partial charge in [-0.05, 0) is 38.5 Å². The number of anilines is 2. The topological polar surface area (TPSA) is 58.4 Å². The lowest BCUT2D eigenvalue weighted by molar-refractivity contribution is -0.121. The van der Waals surface area contributed by atoms with Crippen LogP contribution in [-0.2, 0) is 4.79 Å². The van der Waals surface area contributed by atoms with Gasteiger partial charge in [-0.2, -0.15) is 11.8 Å². The van der Waals surface area contributed by atoms with Crippen LogP contribution < -0.4 is 11.1 Å². The zero-order valence-electron chi connectivity index (χ0n) is 12.3. The molecular formula is C15H23N3OS. The van der Waals surface area contributed by atoms with Crippen LogP contribution in [0.3, 0.4) is 0 Å². The van der Waals surface area contributed by atoms with Crippen LogP contribution in [0.5, 0.6) is 0 Å². The van der Waals surface area contributed by atoms with Crippen molar-refractivity contribution in [1.29, 1.82) is 0 Å². The molecule has 0 spiro atoms. The summed E-state index contributed by atoms with van der Waals surface area (Å²) in [6.45, 7) is 7.10. The highest BCUT2D eigenvalue weighted by atomic mass is 32.2. The Labute approximate surface area is 125 Å².